The fourth-order valence-electron chi connectivity index (χ4n) is 2.21. The first-order valence-electron chi connectivity index (χ1n) is 7.20. The maximum Gasteiger partial charge on any atom is 0.371 e. The van der Waals surface area contributed by atoms with Crippen molar-refractivity contribution in [1.29, 1.82) is 5.26 Å². The van der Waals surface area contributed by atoms with E-state index in [0.717, 1.165) is 11.1 Å². The van der Waals surface area contributed by atoms with E-state index in [9.17, 15) is 4.79 Å². The van der Waals surface area contributed by atoms with Gasteiger partial charge in [0.2, 0.25) is 5.76 Å². The van der Waals surface area contributed by atoms with Gasteiger partial charge in [-0.05, 0) is 41.5 Å². The average molecular weight is 319 g/mol. The first kappa shape index (κ1) is 15.4. The third-order valence-electron chi connectivity index (χ3n) is 3.47. The fraction of sp³-hybridized carbons (Fsp3) is 0.0526. The van der Waals surface area contributed by atoms with Gasteiger partial charge in [-0.15, -0.1) is 0 Å². The first-order chi connectivity index (χ1) is 11.7. The zero-order valence-electron chi connectivity index (χ0n) is 12.6. The molecule has 1 aromatic heterocycles. The highest BCUT2D eigenvalue weighted by Crippen LogP contribution is 2.23. The molecule has 0 fully saturated rings. The number of nitrogens with zero attached hydrogens (tertiary/aromatic N) is 1. The molecule has 2 aromatic carbocycles. The van der Waals surface area contributed by atoms with E-state index in [4.69, 9.17) is 19.5 Å². The van der Waals surface area contributed by atoms with Crippen molar-refractivity contribution < 1.29 is 19.1 Å². The van der Waals surface area contributed by atoms with Gasteiger partial charge in [0.25, 0.3) is 0 Å². The molecule has 0 spiro atoms. The number of nitriles is 1. The summed E-state index contributed by atoms with van der Waals surface area (Å²) in [5, 5.41) is 17.6. The second-order valence-corrected chi connectivity index (χ2v) is 5.13. The Morgan fingerprint density at radius 1 is 1.08 bits per heavy atom. The Hall–Kier alpha value is -3.52. The van der Waals surface area contributed by atoms with Gasteiger partial charge in [-0.2, -0.15) is 5.26 Å². The molecule has 24 heavy (non-hydrogen) atoms. The first-order valence-corrected chi connectivity index (χ1v) is 7.20. The summed E-state index contributed by atoms with van der Waals surface area (Å²) in [6.07, 6.45) is 1.37. The summed E-state index contributed by atoms with van der Waals surface area (Å²) in [7, 11) is 0. The number of carboxylic acids is 1. The van der Waals surface area contributed by atoms with Crippen LogP contribution >= 0.6 is 0 Å². The molecule has 0 amide bonds. The molecule has 0 aliphatic heterocycles. The Morgan fingerprint density at radius 3 is 2.25 bits per heavy atom. The van der Waals surface area contributed by atoms with Crippen molar-refractivity contribution in [2.24, 2.45) is 0 Å². The van der Waals surface area contributed by atoms with Crippen LogP contribution in [0.1, 0.15) is 21.7 Å². The molecule has 3 rings (SSSR count). The number of ether oxygens (including phenoxy) is 1. The van der Waals surface area contributed by atoms with Crippen molar-refractivity contribution in [2.75, 3.05) is 0 Å². The molecule has 0 unspecified atom stereocenters. The number of hydrogen-bond acceptors (Lipinski definition) is 4. The van der Waals surface area contributed by atoms with Gasteiger partial charge < -0.3 is 14.3 Å². The molecule has 0 saturated heterocycles. The normalized spacial score (nSPS) is 10.1. The molecular formula is C19H13NO4. The third-order valence-corrected chi connectivity index (χ3v) is 3.47. The lowest BCUT2D eigenvalue weighted by molar-refractivity contribution is 0.0662. The molecule has 1 N–H and O–H groups in total. The van der Waals surface area contributed by atoms with Gasteiger partial charge in [0.15, 0.2) is 0 Å². The van der Waals surface area contributed by atoms with Crippen LogP contribution in [0.15, 0.2) is 65.3 Å². The predicted molar refractivity (Wildman–Crippen MR) is 86.6 cm³/mol. The van der Waals surface area contributed by atoms with Crippen molar-refractivity contribution in [3.63, 3.8) is 0 Å². The number of aromatic carboxylic acids is 1. The molecule has 3 aromatic rings. The summed E-state index contributed by atoms with van der Waals surface area (Å²) in [4.78, 5) is 10.7. The van der Waals surface area contributed by atoms with Gasteiger partial charge >= 0.3 is 5.97 Å². The lowest BCUT2D eigenvalue weighted by atomic mass is 10.0. The smallest absolute Gasteiger partial charge is 0.371 e. The topological polar surface area (TPSA) is 83.5 Å². The molecule has 0 aliphatic rings. The van der Waals surface area contributed by atoms with Gasteiger partial charge in [0, 0.05) is 5.56 Å². The van der Waals surface area contributed by atoms with Crippen LogP contribution in [-0.2, 0) is 6.61 Å². The maximum atomic E-state index is 10.7. The summed E-state index contributed by atoms with van der Waals surface area (Å²) in [5.74, 6) is -0.539. The third kappa shape index (κ3) is 3.45. The molecule has 0 bridgehead atoms. The SMILES string of the molecule is N#Cc1ccc(-c2ccc(OCc3coc(C(=O)O)c3)cc2)cc1. The van der Waals surface area contributed by atoms with Crippen LogP contribution in [0.25, 0.3) is 11.1 Å². The van der Waals surface area contributed by atoms with Crippen molar-refractivity contribution in [3.8, 4) is 22.9 Å². The number of benzene rings is 2. The fourth-order valence-corrected chi connectivity index (χ4v) is 2.21. The van der Waals surface area contributed by atoms with Crippen LogP contribution in [0.2, 0.25) is 0 Å². The van der Waals surface area contributed by atoms with E-state index < -0.39 is 5.97 Å². The molecule has 0 radical (unpaired) electrons. The summed E-state index contributed by atoms with van der Waals surface area (Å²) in [6, 6.07) is 18.4. The van der Waals surface area contributed by atoms with Gasteiger partial charge in [-0.25, -0.2) is 4.79 Å². The van der Waals surface area contributed by atoms with Gasteiger partial charge in [-0.1, -0.05) is 24.3 Å². The van der Waals surface area contributed by atoms with Gasteiger partial charge in [0.05, 0.1) is 17.9 Å². The predicted octanol–water partition coefficient (Wildman–Crippen LogP) is 4.10. The Bertz CT molecular complexity index is 886. The van der Waals surface area contributed by atoms with E-state index in [1.165, 1.54) is 12.3 Å². The summed E-state index contributed by atoms with van der Waals surface area (Å²) in [5.41, 5.74) is 3.31. The molecule has 118 valence electrons. The van der Waals surface area contributed by atoms with E-state index >= 15 is 0 Å². The average Bonchev–Trinajstić information content (AvgIpc) is 3.10. The highest BCUT2D eigenvalue weighted by Gasteiger charge is 2.09. The van der Waals surface area contributed by atoms with Crippen molar-refractivity contribution in [2.45, 2.75) is 6.61 Å². The van der Waals surface area contributed by atoms with Crippen LogP contribution in [-0.4, -0.2) is 11.1 Å². The van der Waals surface area contributed by atoms with Crippen LogP contribution < -0.4 is 4.74 Å². The number of hydrogen-bond donors (Lipinski definition) is 1. The van der Waals surface area contributed by atoms with Gasteiger partial charge in [0.1, 0.15) is 12.4 Å². The van der Waals surface area contributed by atoms with Crippen molar-refractivity contribution in [3.05, 3.63) is 77.7 Å². The molecule has 0 atom stereocenters. The van der Waals surface area contributed by atoms with Crippen molar-refractivity contribution >= 4 is 5.97 Å². The molecule has 0 aliphatic carbocycles. The molecule has 0 saturated carbocycles. The quantitative estimate of drug-likeness (QED) is 0.765. The Kier molecular flexibility index (Phi) is 4.30. The standard InChI is InChI=1S/C19H13NO4/c20-10-13-1-3-15(4-2-13)16-5-7-17(8-6-16)23-11-14-9-18(19(21)22)24-12-14/h1-9,12H,11H2,(H,21,22). The van der Waals surface area contributed by atoms with Crippen molar-refractivity contribution in [1.82, 2.24) is 0 Å². The summed E-state index contributed by atoms with van der Waals surface area (Å²) < 4.78 is 10.5. The summed E-state index contributed by atoms with van der Waals surface area (Å²) in [6.45, 7) is 0.229. The van der Waals surface area contributed by atoms with E-state index in [1.54, 1.807) is 12.1 Å². The van der Waals surface area contributed by atoms with Crippen LogP contribution in [0.5, 0.6) is 5.75 Å². The lowest BCUT2D eigenvalue weighted by Gasteiger charge is -2.06. The zero-order valence-corrected chi connectivity index (χ0v) is 12.6. The number of carbonyl (C=O) groups is 1. The number of carboxylic acid groups (broad SMARTS) is 1. The van der Waals surface area contributed by atoms with E-state index in [2.05, 4.69) is 6.07 Å². The van der Waals surface area contributed by atoms with Gasteiger partial charge in [-0.3, -0.25) is 0 Å². The second kappa shape index (κ2) is 6.71. The summed E-state index contributed by atoms with van der Waals surface area (Å²) >= 11 is 0. The monoisotopic (exact) mass is 319 g/mol. The molecule has 5 heteroatoms. The second-order valence-electron chi connectivity index (χ2n) is 5.13. The number of rotatable bonds is 5. The minimum atomic E-state index is -1.10. The minimum absolute atomic E-state index is 0.107. The molecular weight excluding hydrogens is 306 g/mol. The Morgan fingerprint density at radius 2 is 1.71 bits per heavy atom. The highest BCUT2D eigenvalue weighted by molar-refractivity contribution is 5.84. The maximum absolute atomic E-state index is 10.7. The largest absolute Gasteiger partial charge is 0.489 e. The Balaban J connectivity index is 1.65. The number of furan rings is 1. The van der Waals surface area contributed by atoms with E-state index in [1.807, 2.05) is 36.4 Å². The zero-order chi connectivity index (χ0) is 16.9. The minimum Gasteiger partial charge on any atom is -0.489 e. The Labute approximate surface area is 138 Å². The van der Waals surface area contributed by atoms with Crippen LogP contribution in [0.3, 0.4) is 0 Å². The lowest BCUT2D eigenvalue weighted by Crippen LogP contribution is -1.95. The van der Waals surface area contributed by atoms with Crippen LogP contribution in [0.4, 0.5) is 0 Å². The van der Waals surface area contributed by atoms with E-state index in [-0.39, 0.29) is 12.4 Å². The molecule has 5 nitrogen and oxygen atoms in total. The van der Waals surface area contributed by atoms with Crippen LogP contribution in [0, 0.1) is 11.3 Å². The highest BCUT2D eigenvalue weighted by atomic mass is 16.5. The van der Waals surface area contributed by atoms with E-state index in [0.29, 0.717) is 16.9 Å². The molecule has 1 heterocycles.